The Labute approximate surface area is 92.8 Å². The molecule has 0 bridgehead atoms. The second kappa shape index (κ2) is 6.06. The number of carbonyl (C=O) groups is 3. The molecule has 92 valence electrons. The van der Waals surface area contributed by atoms with Gasteiger partial charge < -0.3 is 20.8 Å². The first-order valence-corrected chi connectivity index (χ1v) is 4.78. The molecule has 0 aromatic rings. The van der Waals surface area contributed by atoms with Gasteiger partial charge in [0.15, 0.2) is 0 Å². The molecule has 2 unspecified atom stereocenters. The van der Waals surface area contributed by atoms with Crippen LogP contribution in [0.2, 0.25) is 0 Å². The highest BCUT2D eigenvalue weighted by atomic mass is 16.4. The summed E-state index contributed by atoms with van der Waals surface area (Å²) in [5.41, 5.74) is 5.35. The minimum absolute atomic E-state index is 0.233. The average molecular weight is 232 g/mol. The van der Waals surface area contributed by atoms with Gasteiger partial charge in [0.25, 0.3) is 0 Å². The van der Waals surface area contributed by atoms with Gasteiger partial charge in [-0.25, -0.2) is 4.79 Å². The summed E-state index contributed by atoms with van der Waals surface area (Å²) in [6, 6.07) is -2.19. The van der Waals surface area contributed by atoms with Crippen LogP contribution in [0.25, 0.3) is 0 Å². The van der Waals surface area contributed by atoms with E-state index in [2.05, 4.69) is 0 Å². The van der Waals surface area contributed by atoms with Gasteiger partial charge in [-0.3, -0.25) is 9.59 Å². The lowest BCUT2D eigenvalue weighted by molar-refractivity contribution is -0.150. The van der Waals surface area contributed by atoms with Gasteiger partial charge in [-0.1, -0.05) is 6.92 Å². The van der Waals surface area contributed by atoms with Crippen LogP contribution in [0, 0.1) is 0 Å². The van der Waals surface area contributed by atoms with E-state index in [4.69, 9.17) is 15.9 Å². The molecule has 0 aliphatic carbocycles. The van der Waals surface area contributed by atoms with E-state index in [0.717, 1.165) is 4.90 Å². The van der Waals surface area contributed by atoms with E-state index < -0.39 is 36.4 Å². The Kier molecular flexibility index (Phi) is 5.44. The highest BCUT2D eigenvalue weighted by Gasteiger charge is 2.28. The summed E-state index contributed by atoms with van der Waals surface area (Å²) in [6.45, 7) is 1.62. The van der Waals surface area contributed by atoms with Crippen LogP contribution in [0.15, 0.2) is 0 Å². The Morgan fingerprint density at radius 1 is 1.31 bits per heavy atom. The average Bonchev–Trinajstić information content (AvgIpc) is 2.15. The molecule has 0 aromatic carbocycles. The molecule has 0 fully saturated rings. The molecule has 16 heavy (non-hydrogen) atoms. The smallest absolute Gasteiger partial charge is 0.326 e. The molecule has 0 aliphatic rings. The number of rotatable bonds is 6. The SMILES string of the molecule is CCC(C(=O)O)N(C)C(=O)C(N)CC(=O)O. The number of likely N-dealkylation sites (N-methyl/N-ethyl adjacent to an activating group) is 1. The quantitative estimate of drug-likeness (QED) is 0.546. The van der Waals surface area contributed by atoms with Crippen molar-refractivity contribution in [2.24, 2.45) is 5.73 Å². The van der Waals surface area contributed by atoms with Crippen molar-refractivity contribution in [2.75, 3.05) is 7.05 Å². The molecule has 0 aromatic heterocycles. The zero-order valence-corrected chi connectivity index (χ0v) is 9.21. The minimum atomic E-state index is -1.21. The van der Waals surface area contributed by atoms with Crippen molar-refractivity contribution < 1.29 is 24.6 Å². The largest absolute Gasteiger partial charge is 0.481 e. The van der Waals surface area contributed by atoms with Gasteiger partial charge in [-0.15, -0.1) is 0 Å². The summed E-state index contributed by atoms with van der Waals surface area (Å²) in [6.07, 6.45) is -0.281. The van der Waals surface area contributed by atoms with E-state index in [-0.39, 0.29) is 6.42 Å². The van der Waals surface area contributed by atoms with Crippen molar-refractivity contribution in [3.63, 3.8) is 0 Å². The first-order valence-electron chi connectivity index (χ1n) is 4.78. The van der Waals surface area contributed by atoms with Crippen molar-refractivity contribution in [1.29, 1.82) is 0 Å². The number of amides is 1. The lowest BCUT2D eigenvalue weighted by Crippen LogP contribution is -2.49. The topological polar surface area (TPSA) is 121 Å². The first-order chi connectivity index (χ1) is 7.31. The molecule has 7 heteroatoms. The van der Waals surface area contributed by atoms with Crippen LogP contribution in [0.5, 0.6) is 0 Å². The molecule has 0 spiro atoms. The third-order valence-corrected chi connectivity index (χ3v) is 2.20. The van der Waals surface area contributed by atoms with Gasteiger partial charge in [0.2, 0.25) is 5.91 Å². The monoisotopic (exact) mass is 232 g/mol. The number of hydrogen-bond acceptors (Lipinski definition) is 4. The molecule has 0 aliphatic heterocycles. The lowest BCUT2D eigenvalue weighted by Gasteiger charge is -2.25. The Balaban J connectivity index is 4.58. The number of nitrogens with zero attached hydrogens (tertiary/aromatic N) is 1. The van der Waals surface area contributed by atoms with Gasteiger partial charge in [0, 0.05) is 7.05 Å². The minimum Gasteiger partial charge on any atom is -0.481 e. The number of carboxylic acids is 2. The number of carboxylic acid groups (broad SMARTS) is 2. The predicted octanol–water partition coefficient (Wildman–Crippen LogP) is -0.890. The van der Waals surface area contributed by atoms with Crippen molar-refractivity contribution >= 4 is 17.8 Å². The summed E-state index contributed by atoms with van der Waals surface area (Å²) in [5, 5.41) is 17.3. The standard InChI is InChI=1S/C9H16N2O5/c1-3-6(9(15)16)11(2)8(14)5(10)4-7(12)13/h5-6H,3-4,10H2,1-2H3,(H,12,13)(H,15,16). The van der Waals surface area contributed by atoms with Crippen LogP contribution in [-0.4, -0.2) is 52.1 Å². The van der Waals surface area contributed by atoms with Crippen LogP contribution in [0.4, 0.5) is 0 Å². The van der Waals surface area contributed by atoms with E-state index >= 15 is 0 Å². The van der Waals surface area contributed by atoms with Crippen molar-refractivity contribution in [2.45, 2.75) is 31.8 Å². The second-order valence-corrected chi connectivity index (χ2v) is 3.42. The maximum absolute atomic E-state index is 11.6. The van der Waals surface area contributed by atoms with E-state index in [1.807, 2.05) is 0 Å². The van der Waals surface area contributed by atoms with Gasteiger partial charge in [0.1, 0.15) is 6.04 Å². The lowest BCUT2D eigenvalue weighted by atomic mass is 10.1. The molecule has 0 saturated carbocycles. The Morgan fingerprint density at radius 2 is 1.81 bits per heavy atom. The van der Waals surface area contributed by atoms with Crippen LogP contribution < -0.4 is 5.73 Å². The fraction of sp³-hybridized carbons (Fsp3) is 0.667. The summed E-state index contributed by atoms with van der Waals surface area (Å²) in [5.74, 6) is -3.02. The zero-order chi connectivity index (χ0) is 12.9. The molecule has 2 atom stereocenters. The molecule has 1 amide bonds. The van der Waals surface area contributed by atoms with Crippen LogP contribution in [-0.2, 0) is 14.4 Å². The Morgan fingerprint density at radius 3 is 2.12 bits per heavy atom. The van der Waals surface area contributed by atoms with Crippen molar-refractivity contribution in [3.05, 3.63) is 0 Å². The highest BCUT2D eigenvalue weighted by molar-refractivity contribution is 5.89. The van der Waals surface area contributed by atoms with Crippen LogP contribution >= 0.6 is 0 Å². The molecule has 7 nitrogen and oxygen atoms in total. The molecule has 4 N–H and O–H groups in total. The second-order valence-electron chi connectivity index (χ2n) is 3.42. The molecular weight excluding hydrogens is 216 g/mol. The normalized spacial score (nSPS) is 13.9. The predicted molar refractivity (Wildman–Crippen MR) is 54.7 cm³/mol. The van der Waals surface area contributed by atoms with Gasteiger partial charge in [-0.05, 0) is 6.42 Å². The van der Waals surface area contributed by atoms with E-state index in [1.54, 1.807) is 6.92 Å². The molecular formula is C9H16N2O5. The number of aliphatic carboxylic acids is 2. The van der Waals surface area contributed by atoms with Crippen LogP contribution in [0.3, 0.4) is 0 Å². The summed E-state index contributed by atoms with van der Waals surface area (Å²) >= 11 is 0. The first kappa shape index (κ1) is 14.4. The highest BCUT2D eigenvalue weighted by Crippen LogP contribution is 2.05. The molecule has 0 heterocycles. The van der Waals surface area contributed by atoms with Gasteiger partial charge in [0.05, 0.1) is 12.5 Å². The van der Waals surface area contributed by atoms with E-state index in [0.29, 0.717) is 0 Å². The molecule has 0 radical (unpaired) electrons. The zero-order valence-electron chi connectivity index (χ0n) is 9.21. The van der Waals surface area contributed by atoms with Gasteiger partial charge >= 0.3 is 11.9 Å². The van der Waals surface area contributed by atoms with E-state index in [9.17, 15) is 14.4 Å². The summed E-state index contributed by atoms with van der Waals surface area (Å²) in [7, 11) is 1.30. The summed E-state index contributed by atoms with van der Waals surface area (Å²) < 4.78 is 0. The molecule has 0 saturated heterocycles. The maximum atomic E-state index is 11.6. The Hall–Kier alpha value is -1.63. The van der Waals surface area contributed by atoms with Crippen molar-refractivity contribution in [3.8, 4) is 0 Å². The fourth-order valence-electron chi connectivity index (χ4n) is 1.30. The maximum Gasteiger partial charge on any atom is 0.326 e. The number of nitrogens with two attached hydrogens (primary N) is 1. The number of hydrogen-bond donors (Lipinski definition) is 3. The third kappa shape index (κ3) is 3.85. The van der Waals surface area contributed by atoms with Crippen LogP contribution in [0.1, 0.15) is 19.8 Å². The third-order valence-electron chi connectivity index (χ3n) is 2.20. The van der Waals surface area contributed by atoms with E-state index in [1.165, 1.54) is 7.05 Å². The van der Waals surface area contributed by atoms with Gasteiger partial charge in [-0.2, -0.15) is 0 Å². The van der Waals surface area contributed by atoms with Crippen molar-refractivity contribution in [1.82, 2.24) is 4.90 Å². The summed E-state index contributed by atoms with van der Waals surface area (Å²) in [4.78, 5) is 33.6. The fourth-order valence-corrected chi connectivity index (χ4v) is 1.30. The number of carbonyl (C=O) groups excluding carboxylic acids is 1. The Bertz CT molecular complexity index is 292. The molecule has 0 rings (SSSR count).